The molecule has 0 radical (unpaired) electrons. The second kappa shape index (κ2) is 12.3. The number of halogens is 1. The molecule has 4 N–H and O–H groups in total. The molecule has 1 heterocycles. The van der Waals surface area contributed by atoms with Gasteiger partial charge in [0, 0.05) is 23.5 Å². The number of carboxylic acids is 1. The van der Waals surface area contributed by atoms with Crippen LogP contribution in [0.5, 0.6) is 5.75 Å². The van der Waals surface area contributed by atoms with Gasteiger partial charge in [-0.05, 0) is 37.6 Å². The number of nitrogens with two attached hydrogens (primary N) is 1. The summed E-state index contributed by atoms with van der Waals surface area (Å²) in [6.07, 6.45) is 3.21. The molecular weight excluding hydrogens is 390 g/mol. The fourth-order valence-corrected chi connectivity index (χ4v) is 2.98. The van der Waals surface area contributed by atoms with Crippen LogP contribution in [0.25, 0.3) is 0 Å². The molecular formula is C18H24ClN3O4S. The summed E-state index contributed by atoms with van der Waals surface area (Å²) in [5.41, 5.74) is 5.93. The lowest BCUT2D eigenvalue weighted by molar-refractivity contribution is -0.134. The fourth-order valence-electron chi connectivity index (χ4n) is 2.05. The van der Waals surface area contributed by atoms with Gasteiger partial charge in [-0.2, -0.15) is 0 Å². The number of hydrogen-bond acceptors (Lipinski definition) is 6. The quantitative estimate of drug-likeness (QED) is 0.570. The summed E-state index contributed by atoms with van der Waals surface area (Å²) < 4.78 is 5.65. The summed E-state index contributed by atoms with van der Waals surface area (Å²) in [5.74, 6) is -0.566. The van der Waals surface area contributed by atoms with Crippen LogP contribution in [0, 0.1) is 0 Å². The van der Waals surface area contributed by atoms with E-state index in [-0.39, 0.29) is 11.9 Å². The maximum atomic E-state index is 12.6. The van der Waals surface area contributed by atoms with Gasteiger partial charge in [-0.25, -0.2) is 4.98 Å². The Labute approximate surface area is 167 Å². The lowest BCUT2D eigenvalue weighted by Crippen LogP contribution is -2.28. The first-order chi connectivity index (χ1) is 12.9. The van der Waals surface area contributed by atoms with E-state index < -0.39 is 5.97 Å². The van der Waals surface area contributed by atoms with Crippen molar-refractivity contribution in [2.45, 2.75) is 32.7 Å². The highest BCUT2D eigenvalue weighted by Gasteiger charge is 2.19. The molecule has 1 amide bonds. The normalized spacial score (nSPS) is 11.1. The first kappa shape index (κ1) is 22.9. The van der Waals surface area contributed by atoms with Crippen molar-refractivity contribution in [1.29, 1.82) is 0 Å². The molecule has 1 unspecified atom stereocenters. The summed E-state index contributed by atoms with van der Waals surface area (Å²) in [4.78, 5) is 25.9. The molecule has 0 saturated heterocycles. The minimum atomic E-state index is -0.833. The molecule has 0 fully saturated rings. The van der Waals surface area contributed by atoms with Crippen molar-refractivity contribution >= 4 is 34.8 Å². The van der Waals surface area contributed by atoms with Crippen LogP contribution in [0.2, 0.25) is 5.02 Å². The van der Waals surface area contributed by atoms with E-state index in [1.54, 1.807) is 24.4 Å². The van der Waals surface area contributed by atoms with Crippen molar-refractivity contribution in [2.75, 3.05) is 13.2 Å². The first-order valence-electron chi connectivity index (χ1n) is 8.41. The van der Waals surface area contributed by atoms with Gasteiger partial charge in [-0.1, -0.05) is 18.5 Å². The summed E-state index contributed by atoms with van der Waals surface area (Å²) in [6.45, 7) is 4.07. The van der Waals surface area contributed by atoms with E-state index in [4.69, 9.17) is 32.0 Å². The van der Waals surface area contributed by atoms with Crippen LogP contribution in [0.15, 0.2) is 29.8 Å². The molecule has 148 valence electrons. The predicted octanol–water partition coefficient (Wildman–Crippen LogP) is 3.50. The molecule has 2 aromatic rings. The molecule has 27 heavy (non-hydrogen) atoms. The second-order valence-electron chi connectivity index (χ2n) is 5.45. The number of rotatable bonds is 8. The van der Waals surface area contributed by atoms with E-state index in [0.717, 1.165) is 18.4 Å². The van der Waals surface area contributed by atoms with Crippen LogP contribution >= 0.6 is 22.9 Å². The average molecular weight is 414 g/mol. The number of aromatic nitrogens is 1. The van der Waals surface area contributed by atoms with Crippen molar-refractivity contribution in [2.24, 2.45) is 5.73 Å². The van der Waals surface area contributed by atoms with Gasteiger partial charge in [0.25, 0.3) is 11.9 Å². The molecule has 0 spiro atoms. The van der Waals surface area contributed by atoms with E-state index in [9.17, 15) is 4.79 Å². The van der Waals surface area contributed by atoms with Crippen LogP contribution in [-0.2, 0) is 4.79 Å². The lowest BCUT2D eigenvalue weighted by Gasteiger charge is -2.16. The van der Waals surface area contributed by atoms with E-state index in [2.05, 4.69) is 10.3 Å². The summed E-state index contributed by atoms with van der Waals surface area (Å²) in [6, 6.07) is 4.88. The number of nitrogens with zero attached hydrogens (tertiary/aromatic N) is 1. The van der Waals surface area contributed by atoms with Crippen molar-refractivity contribution in [3.63, 3.8) is 0 Å². The number of carbonyl (C=O) groups is 2. The molecule has 1 aromatic carbocycles. The van der Waals surface area contributed by atoms with Crippen molar-refractivity contribution < 1.29 is 19.4 Å². The Bertz CT molecular complexity index is 721. The highest BCUT2D eigenvalue weighted by Crippen LogP contribution is 2.25. The van der Waals surface area contributed by atoms with E-state index >= 15 is 0 Å². The second-order valence-corrected chi connectivity index (χ2v) is 6.82. The van der Waals surface area contributed by atoms with E-state index in [0.29, 0.717) is 35.9 Å². The molecule has 0 aliphatic heterocycles. The zero-order chi connectivity index (χ0) is 20.2. The molecule has 0 saturated carbocycles. The Kier molecular flexibility index (Phi) is 10.4. The third-order valence-electron chi connectivity index (χ3n) is 3.26. The molecule has 2 rings (SSSR count). The predicted molar refractivity (Wildman–Crippen MR) is 107 cm³/mol. The Hall–Kier alpha value is -2.16. The van der Waals surface area contributed by atoms with Gasteiger partial charge < -0.3 is 20.9 Å². The fraction of sp³-hybridized carbons (Fsp3) is 0.389. The maximum absolute atomic E-state index is 12.6. The van der Waals surface area contributed by atoms with Gasteiger partial charge in [-0.3, -0.25) is 9.59 Å². The highest BCUT2D eigenvalue weighted by molar-refractivity contribution is 7.09. The van der Waals surface area contributed by atoms with Crippen molar-refractivity contribution in [3.8, 4) is 5.75 Å². The van der Waals surface area contributed by atoms with E-state index in [1.807, 2.05) is 12.3 Å². The number of carbonyl (C=O) groups excluding carboxylic acids is 1. The van der Waals surface area contributed by atoms with Crippen LogP contribution in [0.1, 0.15) is 48.1 Å². The number of aliphatic carboxylic acids is 1. The van der Waals surface area contributed by atoms with Gasteiger partial charge in [0.05, 0.1) is 18.2 Å². The highest BCUT2D eigenvalue weighted by atomic mass is 35.5. The largest absolute Gasteiger partial charge is 0.493 e. The number of nitrogens with one attached hydrogen (secondary N) is 1. The van der Waals surface area contributed by atoms with E-state index in [1.165, 1.54) is 11.3 Å². The summed E-state index contributed by atoms with van der Waals surface area (Å²) >= 11 is 7.53. The number of hydrogen-bond donors (Lipinski definition) is 3. The van der Waals surface area contributed by atoms with Gasteiger partial charge in [0.1, 0.15) is 10.8 Å². The Balaban J connectivity index is 0.000000828. The number of carboxylic acid groups (broad SMARTS) is 1. The molecule has 9 heteroatoms. The Morgan fingerprint density at radius 2 is 2.15 bits per heavy atom. The third kappa shape index (κ3) is 8.38. The Morgan fingerprint density at radius 1 is 1.44 bits per heavy atom. The molecule has 1 aromatic heterocycles. The molecule has 0 aliphatic carbocycles. The lowest BCUT2D eigenvalue weighted by atomic mass is 10.1. The number of amides is 1. The zero-order valence-electron chi connectivity index (χ0n) is 15.3. The SMILES string of the molecule is CC(=O)O.CCC(NC(=O)c1ccc(Cl)cc1OCCCN)c1nccs1. The van der Waals surface area contributed by atoms with Crippen LogP contribution in [0.3, 0.4) is 0 Å². The first-order valence-corrected chi connectivity index (χ1v) is 9.67. The van der Waals surface area contributed by atoms with Gasteiger partial charge >= 0.3 is 0 Å². The van der Waals surface area contributed by atoms with Gasteiger partial charge in [0.2, 0.25) is 0 Å². The summed E-state index contributed by atoms with van der Waals surface area (Å²) in [5, 5.41) is 13.7. The molecule has 1 atom stereocenters. The van der Waals surface area contributed by atoms with Gasteiger partial charge in [-0.15, -0.1) is 11.3 Å². The van der Waals surface area contributed by atoms with Crippen molar-refractivity contribution in [1.82, 2.24) is 10.3 Å². The topological polar surface area (TPSA) is 115 Å². The van der Waals surface area contributed by atoms with Crippen molar-refractivity contribution in [3.05, 3.63) is 45.4 Å². The Morgan fingerprint density at radius 3 is 2.70 bits per heavy atom. The van der Waals surface area contributed by atoms with Crippen LogP contribution < -0.4 is 15.8 Å². The van der Waals surface area contributed by atoms with Crippen LogP contribution in [-0.4, -0.2) is 35.1 Å². The monoisotopic (exact) mass is 413 g/mol. The van der Waals surface area contributed by atoms with Gasteiger partial charge in [0.15, 0.2) is 0 Å². The number of thiazole rings is 1. The summed E-state index contributed by atoms with van der Waals surface area (Å²) in [7, 11) is 0. The maximum Gasteiger partial charge on any atom is 0.300 e. The standard InChI is InChI=1S/C16H20ClN3O2S.C2H4O2/c1-2-13(16-19-7-9-23-16)20-15(21)12-5-4-11(17)10-14(12)22-8-3-6-18;1-2(3)4/h4-5,7,9-10,13H,2-3,6,8,18H2,1H3,(H,20,21);1H3,(H,3,4). The number of benzene rings is 1. The molecule has 0 bridgehead atoms. The average Bonchev–Trinajstić information content (AvgIpc) is 3.14. The zero-order valence-corrected chi connectivity index (χ0v) is 16.8. The van der Waals surface area contributed by atoms with Crippen LogP contribution in [0.4, 0.5) is 0 Å². The minimum Gasteiger partial charge on any atom is -0.493 e. The molecule has 7 nitrogen and oxygen atoms in total. The minimum absolute atomic E-state index is 0.116. The molecule has 0 aliphatic rings. The smallest absolute Gasteiger partial charge is 0.300 e. The third-order valence-corrected chi connectivity index (χ3v) is 4.38. The number of ether oxygens (including phenoxy) is 1.